The average molecular weight is 236 g/mol. The lowest BCUT2D eigenvalue weighted by Crippen LogP contribution is -2.38. The van der Waals surface area contributed by atoms with E-state index in [1.165, 1.54) is 13.2 Å². The number of ether oxygens (including phenoxy) is 1. The summed E-state index contributed by atoms with van der Waals surface area (Å²) in [4.78, 5) is 23.3. The van der Waals surface area contributed by atoms with Gasteiger partial charge in [0.05, 0.1) is 12.5 Å². The quantitative estimate of drug-likeness (QED) is 0.419. The predicted octanol–water partition coefficient (Wildman–Crippen LogP) is 2.67. The van der Waals surface area contributed by atoms with E-state index in [0.717, 1.165) is 19.3 Å². The van der Waals surface area contributed by atoms with E-state index in [0.29, 0.717) is 6.42 Å². The van der Waals surface area contributed by atoms with E-state index in [2.05, 4.69) is 6.58 Å². The van der Waals surface area contributed by atoms with E-state index in [1.54, 1.807) is 6.08 Å². The summed E-state index contributed by atoms with van der Waals surface area (Å²) in [6, 6.07) is 0. The van der Waals surface area contributed by atoms with E-state index < -0.39 is 5.41 Å². The molecule has 0 aromatic heterocycles. The summed E-state index contributed by atoms with van der Waals surface area (Å²) in [5, 5.41) is 0. The highest BCUT2D eigenvalue weighted by Gasteiger charge is 2.42. The molecule has 0 aromatic carbocycles. The molecule has 2 atom stereocenters. The molecule has 17 heavy (non-hydrogen) atoms. The first-order chi connectivity index (χ1) is 8.04. The maximum atomic E-state index is 11.8. The summed E-state index contributed by atoms with van der Waals surface area (Å²) < 4.78 is 4.84. The van der Waals surface area contributed by atoms with Crippen LogP contribution in [0.15, 0.2) is 24.8 Å². The van der Waals surface area contributed by atoms with Crippen LogP contribution in [0.3, 0.4) is 0 Å². The maximum Gasteiger partial charge on any atom is 0.315 e. The first-order valence-corrected chi connectivity index (χ1v) is 5.96. The van der Waals surface area contributed by atoms with Gasteiger partial charge in [-0.3, -0.25) is 9.59 Å². The van der Waals surface area contributed by atoms with Crippen LogP contribution in [0.1, 0.15) is 32.6 Å². The van der Waals surface area contributed by atoms with Crippen molar-refractivity contribution in [2.24, 2.45) is 11.3 Å². The van der Waals surface area contributed by atoms with Crippen LogP contribution in [0.5, 0.6) is 0 Å². The van der Waals surface area contributed by atoms with E-state index >= 15 is 0 Å². The number of hydrogen-bond donors (Lipinski definition) is 0. The summed E-state index contributed by atoms with van der Waals surface area (Å²) in [6.07, 6.45) is 8.18. The Morgan fingerprint density at radius 3 is 3.00 bits per heavy atom. The fourth-order valence-corrected chi connectivity index (χ4v) is 2.29. The van der Waals surface area contributed by atoms with Crippen LogP contribution >= 0.6 is 0 Å². The summed E-state index contributed by atoms with van der Waals surface area (Å²) in [6.45, 7) is 5.52. The number of allylic oxidation sites excluding steroid dienone is 2. The van der Waals surface area contributed by atoms with Crippen molar-refractivity contribution in [1.29, 1.82) is 0 Å². The summed E-state index contributed by atoms with van der Waals surface area (Å²) in [5.41, 5.74) is -0.663. The van der Waals surface area contributed by atoms with Gasteiger partial charge in [0.1, 0.15) is 0 Å². The Bertz CT molecular complexity index is 343. The second-order valence-electron chi connectivity index (χ2n) is 4.69. The molecule has 1 aliphatic rings. The van der Waals surface area contributed by atoms with Crippen molar-refractivity contribution in [3.05, 3.63) is 24.8 Å². The fraction of sp³-hybridized carbons (Fsp3) is 0.571. The molecule has 0 spiro atoms. The molecule has 0 saturated carbocycles. The first-order valence-electron chi connectivity index (χ1n) is 5.96. The molecule has 0 aromatic rings. The van der Waals surface area contributed by atoms with Gasteiger partial charge in [0.2, 0.25) is 0 Å². The molecule has 0 bridgehead atoms. The lowest BCUT2D eigenvalue weighted by Gasteiger charge is -2.34. The number of carbonyl (C=O) groups excluding carboxylic acids is 2. The van der Waals surface area contributed by atoms with Crippen LogP contribution in [0.2, 0.25) is 0 Å². The topological polar surface area (TPSA) is 43.4 Å². The lowest BCUT2D eigenvalue weighted by atomic mass is 9.69. The van der Waals surface area contributed by atoms with Crippen molar-refractivity contribution in [2.75, 3.05) is 7.11 Å². The van der Waals surface area contributed by atoms with Crippen molar-refractivity contribution in [3.63, 3.8) is 0 Å². The SMILES string of the molecule is C=CCCC[C@@H]1CC(=O)C=C[C@@]1(C)C(=O)OC. The van der Waals surface area contributed by atoms with Crippen LogP contribution < -0.4 is 0 Å². The number of ketones is 1. The number of unbranched alkanes of at least 4 members (excludes halogenated alkanes) is 1. The molecule has 1 rings (SSSR count). The van der Waals surface area contributed by atoms with Crippen LogP contribution in [0, 0.1) is 11.3 Å². The smallest absolute Gasteiger partial charge is 0.315 e. The van der Waals surface area contributed by atoms with Crippen molar-refractivity contribution in [1.82, 2.24) is 0 Å². The minimum atomic E-state index is -0.663. The van der Waals surface area contributed by atoms with Crippen LogP contribution in [0.4, 0.5) is 0 Å². The molecule has 94 valence electrons. The normalized spacial score (nSPS) is 27.9. The summed E-state index contributed by atoms with van der Waals surface area (Å²) in [7, 11) is 1.39. The first kappa shape index (κ1) is 13.7. The van der Waals surface area contributed by atoms with E-state index in [9.17, 15) is 9.59 Å². The highest BCUT2D eigenvalue weighted by atomic mass is 16.5. The summed E-state index contributed by atoms with van der Waals surface area (Å²) in [5.74, 6) is -0.132. The fourth-order valence-electron chi connectivity index (χ4n) is 2.29. The van der Waals surface area contributed by atoms with Gasteiger partial charge in [-0.15, -0.1) is 6.58 Å². The summed E-state index contributed by atoms with van der Waals surface area (Å²) >= 11 is 0. The average Bonchev–Trinajstić information content (AvgIpc) is 2.33. The minimum absolute atomic E-state index is 0.0346. The van der Waals surface area contributed by atoms with Crippen molar-refractivity contribution < 1.29 is 14.3 Å². The molecule has 0 aliphatic heterocycles. The number of esters is 1. The van der Waals surface area contributed by atoms with Gasteiger partial charge in [-0.1, -0.05) is 12.2 Å². The highest BCUT2D eigenvalue weighted by molar-refractivity contribution is 5.94. The molecule has 0 saturated heterocycles. The lowest BCUT2D eigenvalue weighted by molar-refractivity contribution is -0.152. The Balaban J connectivity index is 2.82. The zero-order valence-corrected chi connectivity index (χ0v) is 10.6. The van der Waals surface area contributed by atoms with Crippen molar-refractivity contribution >= 4 is 11.8 Å². The molecule has 0 amide bonds. The number of rotatable bonds is 5. The van der Waals surface area contributed by atoms with Crippen molar-refractivity contribution in [3.8, 4) is 0 Å². The van der Waals surface area contributed by atoms with Gasteiger partial charge in [0.15, 0.2) is 5.78 Å². The van der Waals surface area contributed by atoms with E-state index in [-0.39, 0.29) is 17.7 Å². The molecule has 0 fully saturated rings. The minimum Gasteiger partial charge on any atom is -0.468 e. The highest BCUT2D eigenvalue weighted by Crippen LogP contribution is 2.39. The van der Waals surface area contributed by atoms with Gasteiger partial charge < -0.3 is 4.74 Å². The molecular weight excluding hydrogens is 216 g/mol. The third-order valence-electron chi connectivity index (χ3n) is 3.50. The second kappa shape index (κ2) is 5.80. The number of hydrogen-bond acceptors (Lipinski definition) is 3. The van der Waals surface area contributed by atoms with E-state index in [1.807, 2.05) is 13.0 Å². The molecule has 0 heterocycles. The van der Waals surface area contributed by atoms with Gasteiger partial charge in [0.25, 0.3) is 0 Å². The van der Waals surface area contributed by atoms with Gasteiger partial charge in [0, 0.05) is 6.42 Å². The molecule has 0 N–H and O–H groups in total. The van der Waals surface area contributed by atoms with E-state index in [4.69, 9.17) is 4.74 Å². The predicted molar refractivity (Wildman–Crippen MR) is 66.4 cm³/mol. The Morgan fingerprint density at radius 1 is 1.71 bits per heavy atom. The standard InChI is InChI=1S/C14H20O3/c1-4-5-6-7-11-10-12(15)8-9-14(11,2)13(16)17-3/h4,8-9,11H,1,5-7,10H2,2-3H3/t11-,14-/m1/s1. The van der Waals surface area contributed by atoms with Crippen LogP contribution in [-0.4, -0.2) is 18.9 Å². The second-order valence-corrected chi connectivity index (χ2v) is 4.69. The molecule has 3 heteroatoms. The third kappa shape index (κ3) is 3.05. The number of methoxy groups -OCH3 is 1. The van der Waals surface area contributed by atoms with Gasteiger partial charge >= 0.3 is 5.97 Å². The Hall–Kier alpha value is -1.38. The molecular formula is C14H20O3. The molecule has 3 nitrogen and oxygen atoms in total. The molecule has 0 unspecified atom stereocenters. The van der Waals surface area contributed by atoms with Gasteiger partial charge in [-0.05, 0) is 38.2 Å². The largest absolute Gasteiger partial charge is 0.468 e. The molecule has 0 radical (unpaired) electrons. The van der Waals surface area contributed by atoms with Crippen LogP contribution in [-0.2, 0) is 14.3 Å². The van der Waals surface area contributed by atoms with Crippen LogP contribution in [0.25, 0.3) is 0 Å². The van der Waals surface area contributed by atoms with Gasteiger partial charge in [-0.2, -0.15) is 0 Å². The maximum absolute atomic E-state index is 11.8. The van der Waals surface area contributed by atoms with Gasteiger partial charge in [-0.25, -0.2) is 0 Å². The Morgan fingerprint density at radius 2 is 2.41 bits per heavy atom. The zero-order valence-electron chi connectivity index (χ0n) is 10.6. The molecule has 1 aliphatic carbocycles. The Labute approximate surface area is 103 Å². The Kier molecular flexibility index (Phi) is 4.67. The monoisotopic (exact) mass is 236 g/mol. The number of carbonyl (C=O) groups is 2. The van der Waals surface area contributed by atoms with Crippen molar-refractivity contribution in [2.45, 2.75) is 32.6 Å². The zero-order chi connectivity index (χ0) is 12.9. The third-order valence-corrected chi connectivity index (χ3v) is 3.50.